The van der Waals surface area contributed by atoms with E-state index in [0.717, 1.165) is 5.69 Å². The fraction of sp³-hybridized carbons (Fsp3) is 0.0952. The minimum atomic E-state index is -0.545. The van der Waals surface area contributed by atoms with Gasteiger partial charge in [-0.1, -0.05) is 30.3 Å². The first kappa shape index (κ1) is 17.9. The van der Waals surface area contributed by atoms with Crippen LogP contribution in [-0.4, -0.2) is 15.4 Å². The Morgan fingerprint density at radius 1 is 1.11 bits per heavy atom. The molecule has 4 aromatic rings. The molecule has 2 heterocycles. The number of ether oxygens (including phenoxy) is 2. The van der Waals surface area contributed by atoms with E-state index in [1.807, 2.05) is 30.5 Å². The number of thiazole rings is 1. The van der Waals surface area contributed by atoms with Gasteiger partial charge in [0.25, 0.3) is 5.56 Å². The third-order valence-electron chi connectivity index (χ3n) is 4.06. The van der Waals surface area contributed by atoms with Gasteiger partial charge >= 0.3 is 5.97 Å². The second-order valence-electron chi connectivity index (χ2n) is 6.07. The van der Waals surface area contributed by atoms with Crippen LogP contribution in [0.3, 0.4) is 0 Å². The maximum absolute atomic E-state index is 12.6. The molecule has 6 nitrogen and oxygen atoms in total. The largest absolute Gasteiger partial charge is 0.456 e. The Morgan fingerprint density at radius 3 is 2.68 bits per heavy atom. The number of benzene rings is 2. The number of para-hydroxylation sites is 2. The summed E-state index contributed by atoms with van der Waals surface area (Å²) in [5.41, 5.74) is 1.34. The Bertz CT molecular complexity index is 1200. The van der Waals surface area contributed by atoms with E-state index >= 15 is 0 Å². The van der Waals surface area contributed by atoms with Crippen molar-refractivity contribution in [2.45, 2.75) is 13.5 Å². The SMILES string of the molecule is Cc1csc2nc(COC(=O)c3ccccc3Oc3ccccc3)cc(=O)n12. The van der Waals surface area contributed by atoms with Crippen LogP contribution in [0.5, 0.6) is 11.5 Å². The van der Waals surface area contributed by atoms with Crippen LogP contribution in [-0.2, 0) is 11.3 Å². The molecule has 0 fully saturated rings. The highest BCUT2D eigenvalue weighted by atomic mass is 32.1. The lowest BCUT2D eigenvalue weighted by molar-refractivity contribution is 0.0465. The van der Waals surface area contributed by atoms with Crippen LogP contribution in [0.15, 0.2) is 70.8 Å². The zero-order chi connectivity index (χ0) is 19.5. The molecule has 2 aromatic carbocycles. The van der Waals surface area contributed by atoms with Crippen LogP contribution in [0, 0.1) is 6.92 Å². The number of hydrogen-bond donors (Lipinski definition) is 0. The highest BCUT2D eigenvalue weighted by Gasteiger charge is 2.15. The monoisotopic (exact) mass is 392 g/mol. The van der Waals surface area contributed by atoms with E-state index in [9.17, 15) is 9.59 Å². The van der Waals surface area contributed by atoms with E-state index < -0.39 is 5.97 Å². The first-order valence-electron chi connectivity index (χ1n) is 8.57. The number of carbonyl (C=O) groups excluding carboxylic acids is 1. The zero-order valence-electron chi connectivity index (χ0n) is 15.0. The molecule has 0 saturated carbocycles. The number of hydrogen-bond acceptors (Lipinski definition) is 6. The molecule has 0 amide bonds. The average molecular weight is 392 g/mol. The van der Waals surface area contributed by atoms with Crippen molar-refractivity contribution in [3.8, 4) is 11.5 Å². The molecule has 28 heavy (non-hydrogen) atoms. The topological polar surface area (TPSA) is 69.9 Å². The predicted octanol–water partition coefficient (Wildman–Crippen LogP) is 4.21. The third-order valence-corrected chi connectivity index (χ3v) is 5.00. The maximum atomic E-state index is 12.6. The molecule has 0 saturated heterocycles. The normalized spacial score (nSPS) is 10.8. The van der Waals surface area contributed by atoms with Crippen molar-refractivity contribution in [1.82, 2.24) is 9.38 Å². The Hall–Kier alpha value is -3.45. The maximum Gasteiger partial charge on any atom is 0.342 e. The van der Waals surface area contributed by atoms with E-state index in [4.69, 9.17) is 9.47 Å². The number of nitrogens with zero attached hydrogens (tertiary/aromatic N) is 2. The summed E-state index contributed by atoms with van der Waals surface area (Å²) in [6.07, 6.45) is 0. The Balaban J connectivity index is 1.52. The fourth-order valence-electron chi connectivity index (χ4n) is 2.73. The van der Waals surface area contributed by atoms with Crippen molar-refractivity contribution in [2.24, 2.45) is 0 Å². The lowest BCUT2D eigenvalue weighted by Gasteiger charge is -2.11. The summed E-state index contributed by atoms with van der Waals surface area (Å²) in [4.78, 5) is 29.8. The summed E-state index contributed by atoms with van der Waals surface area (Å²) < 4.78 is 12.7. The molecule has 0 aliphatic heterocycles. The summed E-state index contributed by atoms with van der Waals surface area (Å²) in [6.45, 7) is 1.75. The Labute approximate surface area is 164 Å². The summed E-state index contributed by atoms with van der Waals surface area (Å²) in [5, 5.41) is 1.86. The predicted molar refractivity (Wildman–Crippen MR) is 106 cm³/mol. The molecule has 2 aromatic heterocycles. The standard InChI is InChI=1S/C21H16N2O4S/c1-14-13-28-21-22-15(11-19(24)23(14)21)12-26-20(25)17-9-5-6-10-18(17)27-16-7-3-2-4-8-16/h2-11,13H,12H2,1H3. The number of carbonyl (C=O) groups is 1. The van der Waals surface area contributed by atoms with E-state index in [-0.39, 0.29) is 12.2 Å². The van der Waals surface area contributed by atoms with Crippen LogP contribution >= 0.6 is 11.3 Å². The van der Waals surface area contributed by atoms with Crippen LogP contribution in [0.2, 0.25) is 0 Å². The van der Waals surface area contributed by atoms with Crippen molar-refractivity contribution in [3.63, 3.8) is 0 Å². The van der Waals surface area contributed by atoms with E-state index in [0.29, 0.717) is 27.7 Å². The minimum absolute atomic E-state index is 0.0960. The molecule has 0 unspecified atom stereocenters. The summed E-state index contributed by atoms with van der Waals surface area (Å²) >= 11 is 1.37. The molecule has 0 atom stereocenters. The van der Waals surface area contributed by atoms with Crippen LogP contribution < -0.4 is 10.3 Å². The van der Waals surface area contributed by atoms with Gasteiger partial charge in [0.15, 0.2) is 4.96 Å². The fourth-order valence-corrected chi connectivity index (χ4v) is 3.62. The van der Waals surface area contributed by atoms with Crippen LogP contribution in [0.25, 0.3) is 4.96 Å². The lowest BCUT2D eigenvalue weighted by atomic mass is 10.2. The minimum Gasteiger partial charge on any atom is -0.456 e. The summed E-state index contributed by atoms with van der Waals surface area (Å²) in [5.74, 6) is 0.475. The summed E-state index contributed by atoms with van der Waals surface area (Å²) in [6, 6.07) is 17.4. The smallest absolute Gasteiger partial charge is 0.342 e. The Kier molecular flexibility index (Phi) is 4.90. The van der Waals surface area contributed by atoms with Gasteiger partial charge in [0.05, 0.1) is 5.69 Å². The number of aryl methyl sites for hydroxylation is 1. The van der Waals surface area contributed by atoms with Gasteiger partial charge in [-0.25, -0.2) is 9.78 Å². The number of esters is 1. The van der Waals surface area contributed by atoms with Gasteiger partial charge in [-0.2, -0.15) is 0 Å². The van der Waals surface area contributed by atoms with E-state index in [1.54, 1.807) is 36.4 Å². The highest BCUT2D eigenvalue weighted by Crippen LogP contribution is 2.25. The molecule has 0 N–H and O–H groups in total. The van der Waals surface area contributed by atoms with Crippen LogP contribution in [0.4, 0.5) is 0 Å². The van der Waals surface area contributed by atoms with Crippen molar-refractivity contribution in [2.75, 3.05) is 0 Å². The molecule has 0 aliphatic rings. The molecule has 140 valence electrons. The first-order valence-corrected chi connectivity index (χ1v) is 9.45. The molecular formula is C21H16N2O4S. The second-order valence-corrected chi connectivity index (χ2v) is 6.90. The number of rotatable bonds is 5. The quantitative estimate of drug-likeness (QED) is 0.476. The van der Waals surface area contributed by atoms with E-state index in [1.165, 1.54) is 21.8 Å². The van der Waals surface area contributed by atoms with Crippen molar-refractivity contribution < 1.29 is 14.3 Å². The van der Waals surface area contributed by atoms with Gasteiger partial charge in [-0.3, -0.25) is 9.20 Å². The zero-order valence-corrected chi connectivity index (χ0v) is 15.8. The van der Waals surface area contributed by atoms with Crippen molar-refractivity contribution in [3.05, 3.63) is 93.3 Å². The van der Waals surface area contributed by atoms with Gasteiger partial charge in [0.1, 0.15) is 23.7 Å². The van der Waals surface area contributed by atoms with Crippen molar-refractivity contribution >= 4 is 22.3 Å². The van der Waals surface area contributed by atoms with Gasteiger partial charge in [0, 0.05) is 17.1 Å². The lowest BCUT2D eigenvalue weighted by Crippen LogP contribution is -2.16. The molecule has 0 radical (unpaired) electrons. The van der Waals surface area contributed by atoms with Gasteiger partial charge < -0.3 is 9.47 Å². The molecule has 0 aliphatic carbocycles. The number of fused-ring (bicyclic) bond motifs is 1. The number of aromatic nitrogens is 2. The van der Waals surface area contributed by atoms with Gasteiger partial charge in [-0.05, 0) is 31.2 Å². The summed E-state index contributed by atoms with van der Waals surface area (Å²) in [7, 11) is 0. The van der Waals surface area contributed by atoms with Crippen LogP contribution in [0.1, 0.15) is 21.7 Å². The van der Waals surface area contributed by atoms with E-state index in [2.05, 4.69) is 4.98 Å². The molecule has 7 heteroatoms. The third kappa shape index (κ3) is 3.65. The first-order chi connectivity index (χ1) is 13.6. The molecule has 0 spiro atoms. The Morgan fingerprint density at radius 2 is 1.86 bits per heavy atom. The molecule has 0 bridgehead atoms. The second kappa shape index (κ2) is 7.66. The van der Waals surface area contributed by atoms with Gasteiger partial charge in [0.2, 0.25) is 0 Å². The van der Waals surface area contributed by atoms with Crippen molar-refractivity contribution in [1.29, 1.82) is 0 Å². The molecule has 4 rings (SSSR count). The van der Waals surface area contributed by atoms with Gasteiger partial charge in [-0.15, -0.1) is 11.3 Å². The average Bonchev–Trinajstić information content (AvgIpc) is 3.08. The highest BCUT2D eigenvalue weighted by molar-refractivity contribution is 7.15. The molecular weight excluding hydrogens is 376 g/mol.